The highest BCUT2D eigenvalue weighted by atomic mass is 32.2. The number of hydrogen-bond donors (Lipinski definition) is 2. The lowest BCUT2D eigenvalue weighted by molar-refractivity contribution is 0.616. The molecule has 0 aliphatic heterocycles. The Morgan fingerprint density at radius 2 is 2.19 bits per heavy atom. The van der Waals surface area contributed by atoms with Gasteiger partial charge in [0.25, 0.3) is 0 Å². The number of nitrogen functional groups attached to an aromatic ring is 1. The Morgan fingerprint density at radius 1 is 1.50 bits per heavy atom. The molecule has 0 radical (unpaired) electrons. The summed E-state index contributed by atoms with van der Waals surface area (Å²) in [4.78, 5) is 12.0. The molecule has 0 saturated carbocycles. The second kappa shape index (κ2) is 4.99. The van der Waals surface area contributed by atoms with Gasteiger partial charge in [-0.05, 0) is 19.6 Å². The molecule has 1 heterocycles. The summed E-state index contributed by atoms with van der Waals surface area (Å²) in [5.74, 6) is 0.487. The maximum absolute atomic E-state index is 9.02. The number of anilines is 2. The van der Waals surface area contributed by atoms with Gasteiger partial charge in [0.1, 0.15) is 5.54 Å². The molecule has 0 aliphatic carbocycles. The lowest BCUT2D eigenvalue weighted by Crippen LogP contribution is -2.33. The van der Waals surface area contributed by atoms with Crippen LogP contribution in [0.2, 0.25) is 0 Å². The molecular weight excluding hydrogens is 224 g/mol. The van der Waals surface area contributed by atoms with Gasteiger partial charge >= 0.3 is 0 Å². The van der Waals surface area contributed by atoms with Crippen molar-refractivity contribution in [2.45, 2.75) is 31.0 Å². The first-order valence-electron chi connectivity index (χ1n) is 4.78. The smallest absolute Gasteiger partial charge is 0.229 e. The molecule has 0 spiro atoms. The largest absolute Gasteiger partial charge is 0.368 e. The highest BCUT2D eigenvalue weighted by Gasteiger charge is 2.22. The van der Waals surface area contributed by atoms with Crippen LogP contribution in [0.5, 0.6) is 0 Å². The van der Waals surface area contributed by atoms with Crippen LogP contribution in [0.15, 0.2) is 5.16 Å². The van der Waals surface area contributed by atoms with Crippen LogP contribution in [0.3, 0.4) is 0 Å². The molecule has 1 unspecified atom stereocenters. The van der Waals surface area contributed by atoms with Crippen LogP contribution in [0, 0.1) is 11.3 Å². The fourth-order valence-corrected chi connectivity index (χ4v) is 1.32. The highest BCUT2D eigenvalue weighted by Crippen LogP contribution is 2.17. The summed E-state index contributed by atoms with van der Waals surface area (Å²) in [6, 6.07) is 2.17. The first-order chi connectivity index (χ1) is 7.53. The van der Waals surface area contributed by atoms with Crippen molar-refractivity contribution in [3.8, 4) is 6.07 Å². The molecule has 0 aliphatic rings. The minimum Gasteiger partial charge on any atom is -0.368 e. The molecule has 1 rings (SSSR count). The average Bonchev–Trinajstić information content (AvgIpc) is 2.28. The number of hydrogen-bond acceptors (Lipinski definition) is 7. The average molecular weight is 238 g/mol. The van der Waals surface area contributed by atoms with E-state index in [-0.39, 0.29) is 5.95 Å². The van der Waals surface area contributed by atoms with E-state index in [1.807, 2.05) is 13.2 Å². The van der Waals surface area contributed by atoms with E-state index in [0.717, 1.165) is 0 Å². The van der Waals surface area contributed by atoms with Crippen LogP contribution in [0.4, 0.5) is 11.9 Å². The van der Waals surface area contributed by atoms with Gasteiger partial charge in [0, 0.05) is 0 Å². The maximum Gasteiger partial charge on any atom is 0.229 e. The van der Waals surface area contributed by atoms with Gasteiger partial charge in [0.2, 0.25) is 11.9 Å². The van der Waals surface area contributed by atoms with Gasteiger partial charge in [-0.2, -0.15) is 20.2 Å². The standard InChI is InChI=1S/C9H14N6S/c1-4-9(2,5-10)15-7-12-6(11)13-8(14-7)16-3/h4H2,1-3H3,(H3,11,12,13,14,15). The van der Waals surface area contributed by atoms with E-state index in [1.165, 1.54) is 11.8 Å². The van der Waals surface area contributed by atoms with Crippen molar-refractivity contribution >= 4 is 23.7 Å². The highest BCUT2D eigenvalue weighted by molar-refractivity contribution is 7.98. The van der Waals surface area contributed by atoms with Crippen LogP contribution in [-0.4, -0.2) is 26.7 Å². The molecule has 16 heavy (non-hydrogen) atoms. The molecule has 0 aromatic carbocycles. The molecule has 0 fully saturated rings. The number of nitrogens with two attached hydrogens (primary N) is 1. The van der Waals surface area contributed by atoms with Crippen molar-refractivity contribution in [2.75, 3.05) is 17.3 Å². The van der Waals surface area contributed by atoms with Crippen molar-refractivity contribution in [3.05, 3.63) is 0 Å². The third kappa shape index (κ3) is 2.97. The minimum atomic E-state index is -0.691. The summed E-state index contributed by atoms with van der Waals surface area (Å²) in [5.41, 5.74) is 4.85. The molecule has 1 aromatic heterocycles. The SMILES string of the molecule is CCC(C)(C#N)Nc1nc(N)nc(SC)n1. The van der Waals surface area contributed by atoms with E-state index in [9.17, 15) is 0 Å². The predicted molar refractivity (Wildman–Crippen MR) is 64.0 cm³/mol. The number of thioether (sulfide) groups is 1. The zero-order valence-electron chi connectivity index (χ0n) is 9.48. The summed E-state index contributed by atoms with van der Waals surface area (Å²) in [5, 5.41) is 12.5. The van der Waals surface area contributed by atoms with Gasteiger partial charge in [-0.25, -0.2) is 0 Å². The van der Waals surface area contributed by atoms with E-state index in [4.69, 9.17) is 11.0 Å². The van der Waals surface area contributed by atoms with E-state index < -0.39 is 5.54 Å². The van der Waals surface area contributed by atoms with Crippen LogP contribution < -0.4 is 11.1 Å². The van der Waals surface area contributed by atoms with Crippen LogP contribution >= 0.6 is 11.8 Å². The van der Waals surface area contributed by atoms with Gasteiger partial charge in [-0.15, -0.1) is 0 Å². The Labute approximate surface area is 98.7 Å². The van der Waals surface area contributed by atoms with Crippen molar-refractivity contribution in [3.63, 3.8) is 0 Å². The lowest BCUT2D eigenvalue weighted by atomic mass is 10.0. The monoisotopic (exact) mass is 238 g/mol. The van der Waals surface area contributed by atoms with Gasteiger partial charge in [-0.1, -0.05) is 18.7 Å². The van der Waals surface area contributed by atoms with E-state index in [2.05, 4.69) is 26.3 Å². The van der Waals surface area contributed by atoms with E-state index >= 15 is 0 Å². The van der Waals surface area contributed by atoms with Crippen LogP contribution in [0.25, 0.3) is 0 Å². The molecule has 0 amide bonds. The van der Waals surface area contributed by atoms with Crippen molar-refractivity contribution in [1.29, 1.82) is 5.26 Å². The number of rotatable bonds is 4. The fraction of sp³-hybridized carbons (Fsp3) is 0.556. The Balaban J connectivity index is 2.97. The lowest BCUT2D eigenvalue weighted by Gasteiger charge is -2.21. The topological polar surface area (TPSA) is 101 Å². The third-order valence-electron chi connectivity index (χ3n) is 2.16. The first kappa shape index (κ1) is 12.5. The molecule has 86 valence electrons. The maximum atomic E-state index is 9.02. The van der Waals surface area contributed by atoms with E-state index in [1.54, 1.807) is 6.92 Å². The van der Waals surface area contributed by atoms with Gasteiger partial charge in [-0.3, -0.25) is 0 Å². The summed E-state index contributed by atoms with van der Waals surface area (Å²) >= 11 is 1.37. The molecular formula is C9H14N6S. The molecule has 1 aromatic rings. The molecule has 1 atom stereocenters. The Kier molecular flexibility index (Phi) is 3.90. The van der Waals surface area contributed by atoms with Crippen LogP contribution in [-0.2, 0) is 0 Å². The zero-order valence-corrected chi connectivity index (χ0v) is 10.3. The Hall–Kier alpha value is -1.55. The molecule has 0 saturated heterocycles. The second-order valence-electron chi connectivity index (χ2n) is 3.43. The van der Waals surface area contributed by atoms with Crippen LogP contribution in [0.1, 0.15) is 20.3 Å². The second-order valence-corrected chi connectivity index (χ2v) is 4.20. The van der Waals surface area contributed by atoms with Gasteiger partial charge < -0.3 is 11.1 Å². The summed E-state index contributed by atoms with van der Waals surface area (Å²) in [6.07, 6.45) is 2.49. The number of nitriles is 1. The predicted octanol–water partition coefficient (Wildman–Crippen LogP) is 1.28. The third-order valence-corrected chi connectivity index (χ3v) is 2.70. The zero-order chi connectivity index (χ0) is 12.2. The summed E-state index contributed by atoms with van der Waals surface area (Å²) < 4.78 is 0. The number of aromatic nitrogens is 3. The number of nitrogens with zero attached hydrogens (tertiary/aromatic N) is 4. The Bertz CT molecular complexity index is 415. The molecule has 7 heteroatoms. The van der Waals surface area contributed by atoms with E-state index in [0.29, 0.717) is 17.5 Å². The number of nitrogens with one attached hydrogen (secondary N) is 1. The van der Waals surface area contributed by atoms with Crippen molar-refractivity contribution < 1.29 is 0 Å². The van der Waals surface area contributed by atoms with Gasteiger partial charge in [0.15, 0.2) is 5.16 Å². The molecule has 3 N–H and O–H groups in total. The normalized spacial score (nSPS) is 13.9. The Morgan fingerprint density at radius 3 is 2.69 bits per heavy atom. The molecule has 0 bridgehead atoms. The molecule has 6 nitrogen and oxygen atoms in total. The summed E-state index contributed by atoms with van der Waals surface area (Å²) in [7, 11) is 0. The fourth-order valence-electron chi connectivity index (χ4n) is 0.961. The quantitative estimate of drug-likeness (QED) is 0.762. The van der Waals surface area contributed by atoms with Crippen molar-refractivity contribution in [1.82, 2.24) is 15.0 Å². The minimum absolute atomic E-state index is 0.151. The first-order valence-corrected chi connectivity index (χ1v) is 6.00. The summed E-state index contributed by atoms with van der Waals surface area (Å²) in [6.45, 7) is 3.70. The van der Waals surface area contributed by atoms with Gasteiger partial charge in [0.05, 0.1) is 6.07 Å². The van der Waals surface area contributed by atoms with Crippen molar-refractivity contribution in [2.24, 2.45) is 0 Å².